The van der Waals surface area contributed by atoms with Crippen LogP contribution in [0.15, 0.2) is 30.3 Å². The molecule has 0 saturated carbocycles. The molecule has 0 aliphatic carbocycles. The van der Waals surface area contributed by atoms with Gasteiger partial charge >= 0.3 is 0 Å². The number of benzene rings is 1. The van der Waals surface area contributed by atoms with E-state index in [0.717, 1.165) is 45.2 Å². The van der Waals surface area contributed by atoms with Crippen LogP contribution in [-0.4, -0.2) is 67.3 Å². The quantitative estimate of drug-likeness (QED) is 0.762. The average molecular weight is 401 g/mol. The van der Waals surface area contributed by atoms with Gasteiger partial charge in [-0.2, -0.15) is 0 Å². The first kappa shape index (κ1) is 20.4. The number of amides is 2. The summed E-state index contributed by atoms with van der Waals surface area (Å²) >= 11 is 0. The van der Waals surface area contributed by atoms with Gasteiger partial charge in [0.1, 0.15) is 0 Å². The molecule has 158 valence electrons. The van der Waals surface area contributed by atoms with Crippen molar-refractivity contribution in [1.29, 1.82) is 0 Å². The predicted molar refractivity (Wildman–Crippen MR) is 109 cm³/mol. The van der Waals surface area contributed by atoms with Crippen molar-refractivity contribution in [2.24, 2.45) is 11.8 Å². The van der Waals surface area contributed by atoms with Gasteiger partial charge in [0.15, 0.2) is 6.29 Å². The molecule has 0 radical (unpaired) electrons. The Labute approximate surface area is 173 Å². The highest BCUT2D eigenvalue weighted by Crippen LogP contribution is 2.28. The maximum atomic E-state index is 12.9. The number of carbonyl (C=O) groups is 2. The van der Waals surface area contributed by atoms with Crippen LogP contribution in [0.4, 0.5) is 0 Å². The summed E-state index contributed by atoms with van der Waals surface area (Å²) in [6.07, 6.45) is 4.72. The number of hydrogen-bond acceptors (Lipinski definition) is 4. The molecular formula is C23H32N2O4. The molecule has 6 heteroatoms. The fraction of sp³-hybridized carbons (Fsp3) is 0.652. The Kier molecular flexibility index (Phi) is 6.82. The minimum atomic E-state index is -0.0719. The maximum absolute atomic E-state index is 12.9. The molecule has 0 atom stereocenters. The van der Waals surface area contributed by atoms with Crippen molar-refractivity contribution < 1.29 is 19.1 Å². The van der Waals surface area contributed by atoms with Crippen LogP contribution >= 0.6 is 0 Å². The van der Waals surface area contributed by atoms with Crippen LogP contribution in [0.2, 0.25) is 0 Å². The minimum Gasteiger partial charge on any atom is -0.350 e. The number of piperidine rings is 2. The standard InChI is InChI=1S/C23H32N2O4/c26-21(7-6-18-4-2-1-3-5-18)24-12-8-19(9-13-24)22(27)25-14-10-20(11-15-25)23-28-16-17-29-23/h1-5,19-20,23H,6-17H2. The first-order valence-electron chi connectivity index (χ1n) is 11.0. The van der Waals surface area contributed by atoms with Crippen LogP contribution in [-0.2, 0) is 25.5 Å². The second-order valence-electron chi connectivity index (χ2n) is 8.41. The van der Waals surface area contributed by atoms with Crippen molar-refractivity contribution in [2.75, 3.05) is 39.4 Å². The zero-order valence-electron chi connectivity index (χ0n) is 17.1. The Morgan fingerprint density at radius 1 is 0.862 bits per heavy atom. The largest absolute Gasteiger partial charge is 0.350 e. The Balaban J connectivity index is 1.18. The fourth-order valence-electron chi connectivity index (χ4n) is 4.73. The molecule has 3 heterocycles. The van der Waals surface area contributed by atoms with E-state index in [1.54, 1.807) is 0 Å². The number of likely N-dealkylation sites (tertiary alicyclic amines) is 2. The summed E-state index contributed by atoms with van der Waals surface area (Å²) < 4.78 is 11.2. The van der Waals surface area contributed by atoms with Crippen LogP contribution in [0.3, 0.4) is 0 Å². The normalized spacial score (nSPS) is 22.2. The summed E-state index contributed by atoms with van der Waals surface area (Å²) in [5.41, 5.74) is 1.20. The van der Waals surface area contributed by atoms with Gasteiger partial charge in [-0.05, 0) is 37.7 Å². The highest BCUT2D eigenvalue weighted by Gasteiger charge is 2.35. The third-order valence-corrected chi connectivity index (χ3v) is 6.55. The fourth-order valence-corrected chi connectivity index (χ4v) is 4.73. The molecule has 4 rings (SSSR count). The van der Waals surface area contributed by atoms with Gasteiger partial charge in [0.2, 0.25) is 11.8 Å². The lowest BCUT2D eigenvalue weighted by Gasteiger charge is -2.38. The van der Waals surface area contributed by atoms with Gasteiger partial charge in [0.05, 0.1) is 13.2 Å². The van der Waals surface area contributed by atoms with E-state index >= 15 is 0 Å². The topological polar surface area (TPSA) is 59.1 Å². The first-order chi connectivity index (χ1) is 14.2. The number of carbonyl (C=O) groups excluding carboxylic acids is 2. The van der Waals surface area contributed by atoms with Crippen molar-refractivity contribution in [3.8, 4) is 0 Å². The number of rotatable bonds is 5. The summed E-state index contributed by atoms with van der Waals surface area (Å²) in [5.74, 6) is 0.944. The molecule has 0 spiro atoms. The van der Waals surface area contributed by atoms with Gasteiger partial charge in [-0.15, -0.1) is 0 Å². The van der Waals surface area contributed by atoms with Gasteiger partial charge in [0.25, 0.3) is 0 Å². The molecule has 0 unspecified atom stereocenters. The molecule has 3 saturated heterocycles. The molecular weight excluding hydrogens is 368 g/mol. The predicted octanol–water partition coefficient (Wildman–Crippen LogP) is 2.47. The molecule has 3 aliphatic heterocycles. The summed E-state index contributed by atoms with van der Waals surface area (Å²) in [6, 6.07) is 10.1. The Morgan fingerprint density at radius 2 is 1.48 bits per heavy atom. The lowest BCUT2D eigenvalue weighted by Crippen LogP contribution is -2.47. The number of nitrogens with zero attached hydrogens (tertiary/aromatic N) is 2. The molecule has 3 fully saturated rings. The highest BCUT2D eigenvalue weighted by atomic mass is 16.7. The highest BCUT2D eigenvalue weighted by molar-refractivity contribution is 5.80. The van der Waals surface area contributed by atoms with Crippen LogP contribution < -0.4 is 0 Å². The van der Waals surface area contributed by atoms with Gasteiger partial charge in [0, 0.05) is 44.4 Å². The van der Waals surface area contributed by atoms with E-state index in [0.29, 0.717) is 38.6 Å². The van der Waals surface area contributed by atoms with Gasteiger partial charge in [-0.1, -0.05) is 30.3 Å². The van der Waals surface area contributed by atoms with Crippen molar-refractivity contribution in [3.05, 3.63) is 35.9 Å². The monoisotopic (exact) mass is 400 g/mol. The molecule has 3 aliphatic rings. The lowest BCUT2D eigenvalue weighted by atomic mass is 9.91. The summed E-state index contributed by atoms with van der Waals surface area (Å²) in [4.78, 5) is 29.4. The SMILES string of the molecule is O=C(CCc1ccccc1)N1CCC(C(=O)N2CCC(C3OCCO3)CC2)CC1. The number of aryl methyl sites for hydroxylation is 1. The maximum Gasteiger partial charge on any atom is 0.225 e. The first-order valence-corrected chi connectivity index (χ1v) is 11.0. The molecule has 0 bridgehead atoms. The smallest absolute Gasteiger partial charge is 0.225 e. The molecule has 6 nitrogen and oxygen atoms in total. The average Bonchev–Trinajstić information content (AvgIpc) is 3.33. The van der Waals surface area contributed by atoms with Gasteiger partial charge in [-0.25, -0.2) is 0 Å². The van der Waals surface area contributed by atoms with E-state index in [1.165, 1.54) is 5.56 Å². The number of hydrogen-bond donors (Lipinski definition) is 0. The molecule has 0 N–H and O–H groups in total. The molecule has 1 aromatic rings. The van der Waals surface area contributed by atoms with Crippen molar-refractivity contribution in [1.82, 2.24) is 9.80 Å². The Hall–Kier alpha value is -1.92. The summed E-state index contributed by atoms with van der Waals surface area (Å²) in [7, 11) is 0. The zero-order chi connectivity index (χ0) is 20.1. The Bertz CT molecular complexity index is 673. The summed E-state index contributed by atoms with van der Waals surface area (Å²) in [5, 5.41) is 0. The van der Waals surface area contributed by atoms with Crippen LogP contribution in [0.5, 0.6) is 0 Å². The third kappa shape index (κ3) is 5.17. The molecule has 29 heavy (non-hydrogen) atoms. The van der Waals surface area contributed by atoms with E-state index in [9.17, 15) is 9.59 Å². The third-order valence-electron chi connectivity index (χ3n) is 6.55. The van der Waals surface area contributed by atoms with Crippen LogP contribution in [0.1, 0.15) is 37.7 Å². The molecule has 1 aromatic carbocycles. The van der Waals surface area contributed by atoms with Crippen molar-refractivity contribution in [2.45, 2.75) is 44.8 Å². The van der Waals surface area contributed by atoms with E-state index in [1.807, 2.05) is 28.0 Å². The Morgan fingerprint density at radius 3 is 2.14 bits per heavy atom. The second kappa shape index (κ2) is 9.72. The molecule has 2 amide bonds. The second-order valence-corrected chi connectivity index (χ2v) is 8.41. The van der Waals surface area contributed by atoms with Crippen LogP contribution in [0.25, 0.3) is 0 Å². The van der Waals surface area contributed by atoms with Crippen molar-refractivity contribution in [3.63, 3.8) is 0 Å². The van der Waals surface area contributed by atoms with E-state index < -0.39 is 0 Å². The minimum absolute atomic E-state index is 0.0590. The van der Waals surface area contributed by atoms with E-state index in [4.69, 9.17) is 9.47 Å². The van der Waals surface area contributed by atoms with Crippen LogP contribution in [0, 0.1) is 11.8 Å². The van der Waals surface area contributed by atoms with Crippen molar-refractivity contribution >= 4 is 11.8 Å². The van der Waals surface area contributed by atoms with E-state index in [-0.39, 0.29) is 24.0 Å². The van der Waals surface area contributed by atoms with Gasteiger partial charge in [-0.3, -0.25) is 9.59 Å². The van der Waals surface area contributed by atoms with E-state index in [2.05, 4.69) is 12.1 Å². The summed E-state index contributed by atoms with van der Waals surface area (Å²) in [6.45, 7) is 4.36. The molecule has 0 aromatic heterocycles. The number of ether oxygens (including phenoxy) is 2. The van der Waals surface area contributed by atoms with Gasteiger partial charge < -0.3 is 19.3 Å². The lowest BCUT2D eigenvalue weighted by molar-refractivity contribution is -0.144. The zero-order valence-corrected chi connectivity index (χ0v) is 17.1.